The molecule has 1 N–H and O–H groups in total. The first-order valence-corrected chi connectivity index (χ1v) is 9.36. The maximum atomic E-state index is 12.5. The van der Waals surface area contributed by atoms with Crippen LogP contribution >= 0.6 is 11.6 Å². The van der Waals surface area contributed by atoms with E-state index >= 15 is 0 Å². The third-order valence-corrected chi connectivity index (χ3v) is 5.02. The minimum absolute atomic E-state index is 0.0488. The lowest BCUT2D eigenvalue weighted by molar-refractivity contribution is -0.121. The first-order valence-electron chi connectivity index (χ1n) is 8.98. The highest BCUT2D eigenvalue weighted by Gasteiger charge is 2.28. The fourth-order valence-electron chi connectivity index (χ4n) is 3.14. The summed E-state index contributed by atoms with van der Waals surface area (Å²) in [5.41, 5.74) is 3.19. The van der Waals surface area contributed by atoms with Crippen molar-refractivity contribution in [3.05, 3.63) is 70.1 Å². The molecule has 1 aromatic heterocycles. The average Bonchev–Trinajstić information content (AvgIpc) is 3.02. The molecule has 4 rings (SSSR count). The molecule has 0 unspecified atom stereocenters. The van der Waals surface area contributed by atoms with Crippen LogP contribution in [0.2, 0.25) is 5.02 Å². The molecule has 7 nitrogen and oxygen atoms in total. The molecule has 3 aromatic rings. The smallest absolute Gasteiger partial charge is 0.265 e. The van der Waals surface area contributed by atoms with Gasteiger partial charge in [-0.05, 0) is 56.3 Å². The van der Waals surface area contributed by atoms with Crippen molar-refractivity contribution >= 4 is 34.8 Å². The van der Waals surface area contributed by atoms with Gasteiger partial charge in [0.05, 0.1) is 17.9 Å². The van der Waals surface area contributed by atoms with Crippen LogP contribution in [-0.4, -0.2) is 23.6 Å². The highest BCUT2D eigenvalue weighted by molar-refractivity contribution is 6.30. The van der Waals surface area contributed by atoms with E-state index in [9.17, 15) is 9.59 Å². The first-order chi connectivity index (χ1) is 13.9. The Morgan fingerprint density at radius 2 is 1.97 bits per heavy atom. The van der Waals surface area contributed by atoms with Gasteiger partial charge in [0.15, 0.2) is 6.61 Å². The van der Waals surface area contributed by atoms with Gasteiger partial charge in [-0.2, -0.15) is 0 Å². The van der Waals surface area contributed by atoms with Gasteiger partial charge in [-0.1, -0.05) is 16.8 Å². The molecule has 2 amide bonds. The number of hydrogen-bond donors (Lipinski definition) is 1. The van der Waals surface area contributed by atoms with Crippen molar-refractivity contribution in [3.63, 3.8) is 0 Å². The summed E-state index contributed by atoms with van der Waals surface area (Å²) in [6, 6.07) is 11.8. The predicted molar refractivity (Wildman–Crippen MR) is 109 cm³/mol. The highest BCUT2D eigenvalue weighted by atomic mass is 35.5. The third-order valence-electron chi connectivity index (χ3n) is 4.76. The van der Waals surface area contributed by atoms with Crippen LogP contribution in [0.1, 0.15) is 27.4 Å². The second-order valence-corrected chi connectivity index (χ2v) is 7.15. The van der Waals surface area contributed by atoms with Gasteiger partial charge in [0.2, 0.25) is 0 Å². The molecular weight excluding hydrogens is 394 g/mol. The van der Waals surface area contributed by atoms with Gasteiger partial charge < -0.3 is 19.5 Å². The molecule has 0 saturated heterocycles. The van der Waals surface area contributed by atoms with Gasteiger partial charge in [0.25, 0.3) is 11.8 Å². The van der Waals surface area contributed by atoms with E-state index in [4.69, 9.17) is 20.9 Å². The fourth-order valence-corrected chi connectivity index (χ4v) is 3.27. The van der Waals surface area contributed by atoms with E-state index in [0.717, 1.165) is 11.3 Å². The van der Waals surface area contributed by atoms with Crippen molar-refractivity contribution in [1.82, 2.24) is 5.16 Å². The van der Waals surface area contributed by atoms with Crippen LogP contribution in [-0.2, 0) is 11.3 Å². The number of amides is 2. The number of ether oxygens (including phenoxy) is 1. The Labute approximate surface area is 172 Å². The van der Waals surface area contributed by atoms with E-state index in [-0.39, 0.29) is 18.4 Å². The number of aryl methyl sites for hydroxylation is 2. The number of carbonyl (C=O) groups is 2. The Morgan fingerprint density at radius 3 is 2.66 bits per heavy atom. The molecule has 2 aromatic carbocycles. The molecule has 148 valence electrons. The topological polar surface area (TPSA) is 84.7 Å². The van der Waals surface area contributed by atoms with E-state index in [1.165, 1.54) is 0 Å². The minimum Gasteiger partial charge on any atom is -0.482 e. The number of anilines is 2. The van der Waals surface area contributed by atoms with E-state index in [1.807, 2.05) is 13.8 Å². The second-order valence-electron chi connectivity index (χ2n) is 6.71. The Morgan fingerprint density at radius 1 is 1.21 bits per heavy atom. The monoisotopic (exact) mass is 411 g/mol. The zero-order valence-electron chi connectivity index (χ0n) is 15.9. The van der Waals surface area contributed by atoms with E-state index in [0.29, 0.717) is 40.0 Å². The summed E-state index contributed by atoms with van der Waals surface area (Å²) in [6.45, 7) is 3.90. The number of benzene rings is 2. The van der Waals surface area contributed by atoms with Crippen molar-refractivity contribution < 1.29 is 18.8 Å². The number of fused-ring (bicyclic) bond motifs is 1. The number of rotatable bonds is 4. The van der Waals surface area contributed by atoms with Crippen molar-refractivity contribution in [2.24, 2.45) is 0 Å². The van der Waals surface area contributed by atoms with Gasteiger partial charge >= 0.3 is 0 Å². The summed E-state index contributed by atoms with van der Waals surface area (Å²) in [4.78, 5) is 26.7. The summed E-state index contributed by atoms with van der Waals surface area (Å²) in [6.07, 6.45) is 0. The van der Waals surface area contributed by atoms with E-state index in [1.54, 1.807) is 47.4 Å². The number of carbonyl (C=O) groups excluding carboxylic acids is 2. The highest BCUT2D eigenvalue weighted by Crippen LogP contribution is 2.36. The molecule has 0 saturated carbocycles. The fraction of sp³-hybridized carbons (Fsp3) is 0.190. The number of nitrogens with zero attached hydrogens (tertiary/aromatic N) is 2. The SMILES string of the molecule is Cc1noc(C)c1CN1C(=O)COc2ccc(NC(=O)c3ccc(Cl)cc3)cc21. The van der Waals surface area contributed by atoms with Crippen molar-refractivity contribution in [1.29, 1.82) is 0 Å². The Kier molecular flexibility index (Phi) is 4.98. The number of hydrogen-bond acceptors (Lipinski definition) is 5. The lowest BCUT2D eigenvalue weighted by atomic mass is 10.1. The molecule has 0 radical (unpaired) electrons. The summed E-state index contributed by atoms with van der Waals surface area (Å²) in [5, 5.41) is 7.34. The van der Waals surface area contributed by atoms with Crippen LogP contribution < -0.4 is 15.0 Å². The zero-order valence-corrected chi connectivity index (χ0v) is 16.6. The van der Waals surface area contributed by atoms with Crippen LogP contribution in [0.15, 0.2) is 47.0 Å². The van der Waals surface area contributed by atoms with Crippen molar-refractivity contribution in [2.45, 2.75) is 20.4 Å². The van der Waals surface area contributed by atoms with Crippen LogP contribution in [0, 0.1) is 13.8 Å². The van der Waals surface area contributed by atoms with Crippen LogP contribution in [0.4, 0.5) is 11.4 Å². The maximum Gasteiger partial charge on any atom is 0.265 e. The van der Waals surface area contributed by atoms with Gasteiger partial charge in [0.1, 0.15) is 11.5 Å². The lowest BCUT2D eigenvalue weighted by Crippen LogP contribution is -2.38. The molecule has 1 aliphatic heterocycles. The van der Waals surface area contributed by atoms with Gasteiger partial charge in [-0.3, -0.25) is 9.59 Å². The van der Waals surface area contributed by atoms with Crippen LogP contribution in [0.25, 0.3) is 0 Å². The molecule has 8 heteroatoms. The minimum atomic E-state index is -0.276. The normalized spacial score (nSPS) is 13.1. The predicted octanol–water partition coefficient (Wildman–Crippen LogP) is 4.12. The molecule has 0 bridgehead atoms. The molecule has 0 fully saturated rings. The van der Waals surface area contributed by atoms with Crippen molar-refractivity contribution in [2.75, 3.05) is 16.8 Å². The summed E-state index contributed by atoms with van der Waals surface area (Å²) < 4.78 is 10.8. The summed E-state index contributed by atoms with van der Waals surface area (Å²) >= 11 is 5.87. The van der Waals surface area contributed by atoms with Gasteiger partial charge in [0, 0.05) is 21.8 Å². The summed E-state index contributed by atoms with van der Waals surface area (Å²) in [5.74, 6) is 0.775. The molecule has 1 aliphatic rings. The zero-order chi connectivity index (χ0) is 20.5. The molecule has 0 spiro atoms. The Bertz CT molecular complexity index is 1070. The molecular formula is C21H18ClN3O4. The molecule has 0 atom stereocenters. The molecule has 0 aliphatic carbocycles. The van der Waals surface area contributed by atoms with E-state index in [2.05, 4.69) is 10.5 Å². The average molecular weight is 412 g/mol. The number of aromatic nitrogens is 1. The maximum absolute atomic E-state index is 12.5. The number of halogens is 1. The molecule has 29 heavy (non-hydrogen) atoms. The first kappa shape index (κ1) is 19.0. The standard InChI is InChI=1S/C21H18ClN3O4/c1-12-17(13(2)29-24-12)10-25-18-9-16(7-8-19(18)28-11-20(25)26)23-21(27)14-3-5-15(22)6-4-14/h3-9H,10-11H2,1-2H3,(H,23,27). The number of nitrogens with one attached hydrogen (secondary N) is 1. The molecule has 2 heterocycles. The lowest BCUT2D eigenvalue weighted by Gasteiger charge is -2.29. The van der Waals surface area contributed by atoms with Gasteiger partial charge in [-0.25, -0.2) is 0 Å². The van der Waals surface area contributed by atoms with E-state index < -0.39 is 0 Å². The third kappa shape index (κ3) is 3.82. The Hall–Kier alpha value is -3.32. The van der Waals surface area contributed by atoms with Crippen molar-refractivity contribution in [3.8, 4) is 5.75 Å². The quantitative estimate of drug-likeness (QED) is 0.698. The largest absolute Gasteiger partial charge is 0.482 e. The Balaban J connectivity index is 1.62. The second kappa shape index (κ2) is 7.60. The van der Waals surface area contributed by atoms with Crippen LogP contribution in [0.3, 0.4) is 0 Å². The van der Waals surface area contributed by atoms with Gasteiger partial charge in [-0.15, -0.1) is 0 Å². The summed E-state index contributed by atoms with van der Waals surface area (Å²) in [7, 11) is 0. The van der Waals surface area contributed by atoms with Crippen LogP contribution in [0.5, 0.6) is 5.75 Å².